The minimum absolute atomic E-state index is 0. The first-order chi connectivity index (χ1) is 13.2. The van der Waals surface area contributed by atoms with Crippen LogP contribution in [0.2, 0.25) is 0 Å². The second kappa shape index (κ2) is 18.1. The topological polar surface area (TPSA) is 84.0 Å². The Kier molecular flexibility index (Phi) is 17.6. The Morgan fingerprint density at radius 1 is 0.964 bits per heavy atom. The van der Waals surface area contributed by atoms with Gasteiger partial charge in [-0.05, 0) is 30.7 Å². The molecule has 0 aliphatic rings. The highest BCUT2D eigenvalue weighted by molar-refractivity contribution is 14.0. The van der Waals surface area contributed by atoms with Crippen LogP contribution in [0.5, 0.6) is 0 Å². The molecule has 1 aromatic carbocycles. The molecule has 9 heteroatoms. The van der Waals surface area contributed by atoms with E-state index in [9.17, 15) is 4.79 Å². The Bertz CT molecular complexity index is 559. The number of rotatable bonds is 13. The summed E-state index contributed by atoms with van der Waals surface area (Å²) in [6.07, 6.45) is 2.23. The summed E-state index contributed by atoms with van der Waals surface area (Å²) in [4.78, 5) is 16.1. The van der Waals surface area contributed by atoms with Crippen LogP contribution in [-0.2, 0) is 9.47 Å². The summed E-state index contributed by atoms with van der Waals surface area (Å²) >= 11 is 3.35. The minimum Gasteiger partial charge on any atom is -0.379 e. The maximum absolute atomic E-state index is 12.0. The number of ether oxygens (including phenoxy) is 2. The van der Waals surface area contributed by atoms with Crippen LogP contribution in [0.4, 0.5) is 0 Å². The van der Waals surface area contributed by atoms with Gasteiger partial charge < -0.3 is 25.4 Å². The van der Waals surface area contributed by atoms with Crippen molar-refractivity contribution in [2.75, 3.05) is 53.1 Å². The highest BCUT2D eigenvalue weighted by Gasteiger charge is 2.04. The molecule has 160 valence electrons. The van der Waals surface area contributed by atoms with Crippen molar-refractivity contribution >= 4 is 51.8 Å². The lowest BCUT2D eigenvalue weighted by atomic mass is 10.2. The number of halogens is 2. The Labute approximate surface area is 193 Å². The van der Waals surface area contributed by atoms with Gasteiger partial charge in [0.15, 0.2) is 5.96 Å². The molecule has 0 aliphatic heterocycles. The van der Waals surface area contributed by atoms with Crippen molar-refractivity contribution in [3.05, 3.63) is 34.3 Å². The van der Waals surface area contributed by atoms with Crippen molar-refractivity contribution in [1.82, 2.24) is 16.0 Å². The number of benzene rings is 1. The molecule has 0 saturated heterocycles. The van der Waals surface area contributed by atoms with Crippen LogP contribution in [0.25, 0.3) is 0 Å². The summed E-state index contributed by atoms with van der Waals surface area (Å²) in [5.41, 5.74) is 0.636. The molecule has 0 fully saturated rings. The van der Waals surface area contributed by atoms with Crippen LogP contribution in [0, 0.1) is 0 Å². The molecule has 1 rings (SSSR count). The van der Waals surface area contributed by atoms with Crippen LogP contribution in [-0.4, -0.2) is 65.0 Å². The van der Waals surface area contributed by atoms with Gasteiger partial charge in [0, 0.05) is 43.3 Å². The zero-order valence-electron chi connectivity index (χ0n) is 16.6. The van der Waals surface area contributed by atoms with Gasteiger partial charge in [0.2, 0.25) is 0 Å². The fourth-order valence-electron chi connectivity index (χ4n) is 2.09. The Hall–Kier alpha value is -0.910. The van der Waals surface area contributed by atoms with Gasteiger partial charge in [-0.1, -0.05) is 29.3 Å². The highest BCUT2D eigenvalue weighted by atomic mass is 127. The van der Waals surface area contributed by atoms with E-state index in [0.29, 0.717) is 51.0 Å². The van der Waals surface area contributed by atoms with Crippen molar-refractivity contribution in [1.29, 1.82) is 0 Å². The van der Waals surface area contributed by atoms with Gasteiger partial charge in [-0.2, -0.15) is 0 Å². The van der Waals surface area contributed by atoms with Crippen molar-refractivity contribution in [3.63, 3.8) is 0 Å². The van der Waals surface area contributed by atoms with Crippen LogP contribution in [0.1, 0.15) is 30.1 Å². The number of carbonyl (C=O) groups is 1. The van der Waals surface area contributed by atoms with E-state index in [2.05, 4.69) is 43.8 Å². The largest absolute Gasteiger partial charge is 0.379 e. The predicted octanol–water partition coefficient (Wildman–Crippen LogP) is 2.80. The standard InChI is InChI=1S/C19H31BrN4O3.HI/c1-3-4-12-26-14-15-27-13-11-24-19(21-2)23-10-9-22-18(25)16-5-7-17(20)8-6-16;/h5-8H,3-4,9-15H2,1-2H3,(H,22,25)(H2,21,23,24);1H. The number of nitrogens with one attached hydrogen (secondary N) is 3. The minimum atomic E-state index is -0.0956. The first-order valence-corrected chi connectivity index (χ1v) is 10.1. The van der Waals surface area contributed by atoms with E-state index in [1.54, 1.807) is 19.2 Å². The smallest absolute Gasteiger partial charge is 0.251 e. The quantitative estimate of drug-likeness (QED) is 0.147. The first kappa shape index (κ1) is 27.1. The second-order valence-corrected chi connectivity index (χ2v) is 6.68. The SMILES string of the molecule is CCCCOCCOCCNC(=NC)NCCNC(=O)c1ccc(Br)cc1.I. The Morgan fingerprint density at radius 2 is 1.57 bits per heavy atom. The average molecular weight is 571 g/mol. The fraction of sp³-hybridized carbons (Fsp3) is 0.579. The number of carbonyl (C=O) groups excluding carboxylic acids is 1. The average Bonchev–Trinajstić information content (AvgIpc) is 2.68. The third-order valence-electron chi connectivity index (χ3n) is 3.59. The number of hydrogen-bond acceptors (Lipinski definition) is 4. The number of hydrogen-bond donors (Lipinski definition) is 3. The number of unbranched alkanes of at least 4 members (excludes halogenated alkanes) is 1. The van der Waals surface area contributed by atoms with Gasteiger partial charge in [-0.3, -0.25) is 9.79 Å². The molecule has 0 aliphatic carbocycles. The van der Waals surface area contributed by atoms with Gasteiger partial charge in [0.1, 0.15) is 0 Å². The van der Waals surface area contributed by atoms with Crippen LogP contribution >= 0.6 is 39.9 Å². The maximum atomic E-state index is 12.0. The van der Waals surface area contributed by atoms with Gasteiger partial charge in [0.05, 0.1) is 19.8 Å². The lowest BCUT2D eigenvalue weighted by Gasteiger charge is -2.12. The van der Waals surface area contributed by atoms with Crippen molar-refractivity contribution < 1.29 is 14.3 Å². The van der Waals surface area contributed by atoms with Gasteiger partial charge in [-0.25, -0.2) is 0 Å². The molecule has 0 atom stereocenters. The molecule has 1 aromatic rings. The molecule has 7 nitrogen and oxygen atoms in total. The molecule has 28 heavy (non-hydrogen) atoms. The van der Waals surface area contributed by atoms with E-state index in [1.807, 2.05) is 12.1 Å². The first-order valence-electron chi connectivity index (χ1n) is 9.31. The van der Waals surface area contributed by atoms with E-state index < -0.39 is 0 Å². The number of amides is 1. The zero-order chi connectivity index (χ0) is 19.7. The van der Waals surface area contributed by atoms with Crippen LogP contribution in [0.3, 0.4) is 0 Å². The molecule has 0 aromatic heterocycles. The summed E-state index contributed by atoms with van der Waals surface area (Å²) < 4.78 is 11.9. The van der Waals surface area contributed by atoms with E-state index >= 15 is 0 Å². The molecule has 0 heterocycles. The fourth-order valence-corrected chi connectivity index (χ4v) is 2.36. The van der Waals surface area contributed by atoms with Gasteiger partial charge >= 0.3 is 0 Å². The molecule has 0 saturated carbocycles. The van der Waals surface area contributed by atoms with Crippen LogP contribution < -0.4 is 16.0 Å². The van der Waals surface area contributed by atoms with E-state index in [1.165, 1.54) is 0 Å². The Balaban J connectivity index is 0.00000729. The normalized spacial score (nSPS) is 10.9. The van der Waals surface area contributed by atoms with Crippen molar-refractivity contribution in [3.8, 4) is 0 Å². The molecule has 0 radical (unpaired) electrons. The summed E-state index contributed by atoms with van der Waals surface area (Å²) in [6.45, 7) is 6.48. The van der Waals surface area contributed by atoms with Crippen molar-refractivity contribution in [2.45, 2.75) is 19.8 Å². The molecule has 3 N–H and O–H groups in total. The molecule has 0 unspecified atom stereocenters. The molecule has 1 amide bonds. The second-order valence-electron chi connectivity index (χ2n) is 5.77. The number of guanidine groups is 1. The van der Waals surface area contributed by atoms with E-state index in [4.69, 9.17) is 9.47 Å². The summed E-state index contributed by atoms with van der Waals surface area (Å²) in [7, 11) is 1.71. The van der Waals surface area contributed by atoms with Crippen molar-refractivity contribution in [2.24, 2.45) is 4.99 Å². The molecule has 0 spiro atoms. The summed E-state index contributed by atoms with van der Waals surface area (Å²) in [6, 6.07) is 7.25. The van der Waals surface area contributed by atoms with E-state index in [0.717, 1.165) is 23.9 Å². The monoisotopic (exact) mass is 570 g/mol. The summed E-state index contributed by atoms with van der Waals surface area (Å²) in [5.74, 6) is 0.581. The molecule has 0 bridgehead atoms. The zero-order valence-corrected chi connectivity index (χ0v) is 20.5. The third kappa shape index (κ3) is 13.3. The number of aliphatic imine (C=N–C) groups is 1. The highest BCUT2D eigenvalue weighted by Crippen LogP contribution is 2.10. The lowest BCUT2D eigenvalue weighted by molar-refractivity contribution is 0.0487. The van der Waals surface area contributed by atoms with E-state index in [-0.39, 0.29) is 29.9 Å². The van der Waals surface area contributed by atoms with Gasteiger partial charge in [0.25, 0.3) is 5.91 Å². The number of nitrogens with zero attached hydrogens (tertiary/aromatic N) is 1. The van der Waals surface area contributed by atoms with Crippen LogP contribution in [0.15, 0.2) is 33.7 Å². The summed E-state index contributed by atoms with van der Waals surface area (Å²) in [5, 5.41) is 9.17. The molecular weight excluding hydrogens is 539 g/mol. The van der Waals surface area contributed by atoms with Gasteiger partial charge in [-0.15, -0.1) is 24.0 Å². The lowest BCUT2D eigenvalue weighted by Crippen LogP contribution is -2.42. The maximum Gasteiger partial charge on any atom is 0.251 e. The Morgan fingerprint density at radius 3 is 2.21 bits per heavy atom. The predicted molar refractivity (Wildman–Crippen MR) is 128 cm³/mol. The molecular formula is C19H32BrIN4O3. The third-order valence-corrected chi connectivity index (χ3v) is 4.11.